The highest BCUT2D eigenvalue weighted by atomic mass is 19.2. The summed E-state index contributed by atoms with van der Waals surface area (Å²) in [5.41, 5.74) is 3.08. The molecule has 0 aliphatic heterocycles. The molecule has 0 amide bonds. The minimum absolute atomic E-state index is 0.0349. The molecule has 26 heavy (non-hydrogen) atoms. The Morgan fingerprint density at radius 2 is 1.92 bits per heavy atom. The fraction of sp³-hybridized carbons (Fsp3) is 0.391. The van der Waals surface area contributed by atoms with Crippen LogP contribution < -0.4 is 0 Å². The van der Waals surface area contributed by atoms with Crippen LogP contribution in [0.15, 0.2) is 34.8 Å². The van der Waals surface area contributed by atoms with Crippen molar-refractivity contribution in [2.45, 2.75) is 52.4 Å². The lowest BCUT2D eigenvalue weighted by atomic mass is 9.85. The maximum atomic E-state index is 14.8. The molecule has 0 bridgehead atoms. The number of hydrogen-bond acceptors (Lipinski definition) is 1. The number of furan rings is 1. The van der Waals surface area contributed by atoms with Crippen molar-refractivity contribution in [2.75, 3.05) is 0 Å². The fourth-order valence-corrected chi connectivity index (χ4v) is 4.13. The zero-order valence-electron chi connectivity index (χ0n) is 15.4. The van der Waals surface area contributed by atoms with E-state index in [0.29, 0.717) is 22.5 Å². The molecule has 4 rings (SSSR count). The van der Waals surface area contributed by atoms with Gasteiger partial charge in [-0.15, -0.1) is 0 Å². The number of benzene rings is 2. The molecule has 1 nitrogen and oxygen atoms in total. The van der Waals surface area contributed by atoms with Gasteiger partial charge in [0.25, 0.3) is 0 Å². The van der Waals surface area contributed by atoms with E-state index < -0.39 is 11.6 Å². The summed E-state index contributed by atoms with van der Waals surface area (Å²) in [6.45, 7) is 4.28. The SMILES string of the molecule is CCCc1cccc2c1oc1c(F)c(F)c(C3=CCC(CC)CC3)cc12. The van der Waals surface area contributed by atoms with Gasteiger partial charge in [-0.25, -0.2) is 4.39 Å². The first-order valence-corrected chi connectivity index (χ1v) is 9.65. The quantitative estimate of drug-likeness (QED) is 0.475. The van der Waals surface area contributed by atoms with Crippen LogP contribution in [0.2, 0.25) is 0 Å². The van der Waals surface area contributed by atoms with Crippen molar-refractivity contribution in [3.63, 3.8) is 0 Å². The molecular weight excluding hydrogens is 330 g/mol. The lowest BCUT2D eigenvalue weighted by molar-refractivity contribution is 0.467. The standard InChI is InChI=1S/C23H24F2O/c1-3-6-16-7-5-8-17-19-13-18(15-11-9-14(4-2)10-12-15)20(24)21(25)23(19)26-22(16)17/h5,7-8,11,13-14H,3-4,6,9-10,12H2,1-2H3. The Balaban J connectivity index is 1.91. The largest absolute Gasteiger partial charge is 0.453 e. The summed E-state index contributed by atoms with van der Waals surface area (Å²) in [6, 6.07) is 7.68. The second-order valence-electron chi connectivity index (χ2n) is 7.35. The molecule has 0 radical (unpaired) electrons. The molecule has 3 aromatic rings. The Morgan fingerprint density at radius 1 is 1.08 bits per heavy atom. The van der Waals surface area contributed by atoms with Gasteiger partial charge in [0.15, 0.2) is 11.4 Å². The Bertz CT molecular complexity index is 997. The summed E-state index contributed by atoms with van der Waals surface area (Å²) in [4.78, 5) is 0. The van der Waals surface area contributed by atoms with E-state index in [4.69, 9.17) is 4.42 Å². The molecule has 0 fully saturated rings. The minimum Gasteiger partial charge on any atom is -0.453 e. The van der Waals surface area contributed by atoms with E-state index in [2.05, 4.69) is 19.9 Å². The predicted molar refractivity (Wildman–Crippen MR) is 103 cm³/mol. The first-order chi connectivity index (χ1) is 12.6. The molecular formula is C23H24F2O. The van der Waals surface area contributed by atoms with Gasteiger partial charge in [0.05, 0.1) is 0 Å². The molecule has 1 aliphatic carbocycles. The monoisotopic (exact) mass is 354 g/mol. The van der Waals surface area contributed by atoms with E-state index >= 15 is 0 Å². The van der Waals surface area contributed by atoms with Gasteiger partial charge in [-0.2, -0.15) is 4.39 Å². The third-order valence-electron chi connectivity index (χ3n) is 5.71. The van der Waals surface area contributed by atoms with Crippen molar-refractivity contribution in [1.29, 1.82) is 0 Å². The van der Waals surface area contributed by atoms with Crippen LogP contribution in [0.25, 0.3) is 27.5 Å². The molecule has 136 valence electrons. The second-order valence-corrected chi connectivity index (χ2v) is 7.35. The van der Waals surface area contributed by atoms with Gasteiger partial charge < -0.3 is 4.42 Å². The number of hydrogen-bond donors (Lipinski definition) is 0. The number of para-hydroxylation sites is 1. The zero-order valence-corrected chi connectivity index (χ0v) is 15.4. The molecule has 3 heteroatoms. The molecule has 0 spiro atoms. The number of rotatable bonds is 4. The van der Waals surface area contributed by atoms with E-state index in [-0.39, 0.29) is 5.58 Å². The van der Waals surface area contributed by atoms with Crippen LogP contribution in [-0.2, 0) is 6.42 Å². The van der Waals surface area contributed by atoms with Crippen molar-refractivity contribution in [3.05, 3.63) is 53.1 Å². The second kappa shape index (κ2) is 6.86. The average Bonchev–Trinajstić information content (AvgIpc) is 3.05. The number of fused-ring (bicyclic) bond motifs is 3. The van der Waals surface area contributed by atoms with Crippen LogP contribution in [0.3, 0.4) is 0 Å². The van der Waals surface area contributed by atoms with Crippen molar-refractivity contribution in [3.8, 4) is 0 Å². The molecule has 1 unspecified atom stereocenters. The number of aryl methyl sites for hydroxylation is 1. The van der Waals surface area contributed by atoms with Gasteiger partial charge in [0.1, 0.15) is 5.58 Å². The average molecular weight is 354 g/mol. The van der Waals surface area contributed by atoms with Crippen LogP contribution >= 0.6 is 0 Å². The van der Waals surface area contributed by atoms with Crippen LogP contribution in [0.1, 0.15) is 57.1 Å². The summed E-state index contributed by atoms with van der Waals surface area (Å²) in [5, 5.41) is 1.54. The molecule has 1 aliphatic rings. The predicted octanol–water partition coefficient (Wildman–Crippen LogP) is 7.41. The van der Waals surface area contributed by atoms with Gasteiger partial charge >= 0.3 is 0 Å². The number of allylic oxidation sites excluding steroid dienone is 2. The molecule has 0 saturated carbocycles. The third-order valence-corrected chi connectivity index (χ3v) is 5.71. The maximum Gasteiger partial charge on any atom is 0.202 e. The molecule has 1 heterocycles. The van der Waals surface area contributed by atoms with Crippen molar-refractivity contribution < 1.29 is 13.2 Å². The molecule has 1 aromatic heterocycles. The maximum absolute atomic E-state index is 14.8. The number of halogens is 2. The summed E-state index contributed by atoms with van der Waals surface area (Å²) < 4.78 is 35.4. The van der Waals surface area contributed by atoms with Crippen molar-refractivity contribution >= 4 is 27.5 Å². The van der Waals surface area contributed by atoms with E-state index in [1.807, 2.05) is 18.2 Å². The van der Waals surface area contributed by atoms with Crippen molar-refractivity contribution in [2.24, 2.45) is 5.92 Å². The van der Waals surface area contributed by atoms with Gasteiger partial charge in [-0.3, -0.25) is 0 Å². The van der Waals surface area contributed by atoms with Crippen LogP contribution in [-0.4, -0.2) is 0 Å². The Hall–Kier alpha value is -2.16. The lowest BCUT2D eigenvalue weighted by Crippen LogP contribution is -2.05. The minimum atomic E-state index is -0.866. The van der Waals surface area contributed by atoms with Gasteiger partial charge in [0, 0.05) is 16.3 Å². The fourth-order valence-electron chi connectivity index (χ4n) is 4.13. The van der Waals surface area contributed by atoms with Crippen LogP contribution in [0.5, 0.6) is 0 Å². The van der Waals surface area contributed by atoms with Crippen LogP contribution in [0.4, 0.5) is 8.78 Å². The van der Waals surface area contributed by atoms with Gasteiger partial charge in [-0.1, -0.05) is 51.0 Å². The summed E-state index contributed by atoms with van der Waals surface area (Å²) in [5.74, 6) is -0.994. The Kier molecular flexibility index (Phi) is 4.56. The Labute approximate surface area is 152 Å². The van der Waals surface area contributed by atoms with Gasteiger partial charge in [-0.05, 0) is 48.8 Å². The van der Waals surface area contributed by atoms with E-state index in [1.165, 1.54) is 0 Å². The summed E-state index contributed by atoms with van der Waals surface area (Å²) >= 11 is 0. The van der Waals surface area contributed by atoms with Crippen molar-refractivity contribution in [1.82, 2.24) is 0 Å². The molecule has 0 saturated heterocycles. The summed E-state index contributed by atoms with van der Waals surface area (Å²) in [7, 11) is 0. The van der Waals surface area contributed by atoms with Gasteiger partial charge in [0.2, 0.25) is 5.82 Å². The molecule has 2 aromatic carbocycles. The molecule has 1 atom stereocenters. The highest BCUT2D eigenvalue weighted by molar-refractivity contribution is 6.07. The zero-order chi connectivity index (χ0) is 18.3. The Morgan fingerprint density at radius 3 is 2.62 bits per heavy atom. The van der Waals surface area contributed by atoms with E-state index in [1.54, 1.807) is 6.07 Å². The topological polar surface area (TPSA) is 13.1 Å². The molecule has 0 N–H and O–H groups in total. The first-order valence-electron chi connectivity index (χ1n) is 9.65. The first kappa shape index (κ1) is 17.3. The lowest BCUT2D eigenvalue weighted by Gasteiger charge is -2.21. The highest BCUT2D eigenvalue weighted by Gasteiger charge is 2.23. The third kappa shape index (κ3) is 2.74. The smallest absolute Gasteiger partial charge is 0.202 e. The normalized spacial score (nSPS) is 17.8. The summed E-state index contributed by atoms with van der Waals surface area (Å²) in [6.07, 6.45) is 7.84. The van der Waals surface area contributed by atoms with Crippen LogP contribution in [0, 0.1) is 17.6 Å². The highest BCUT2D eigenvalue weighted by Crippen LogP contribution is 2.39. The van der Waals surface area contributed by atoms with E-state index in [0.717, 1.165) is 55.0 Å². The van der Waals surface area contributed by atoms with E-state index in [9.17, 15) is 8.78 Å².